The fourth-order valence-corrected chi connectivity index (χ4v) is 2.27. The van der Waals surface area contributed by atoms with Gasteiger partial charge >= 0.3 is 0 Å². The van der Waals surface area contributed by atoms with Crippen LogP contribution in [0.5, 0.6) is 0 Å². The molecule has 0 aliphatic heterocycles. The van der Waals surface area contributed by atoms with E-state index in [0.717, 1.165) is 11.5 Å². The van der Waals surface area contributed by atoms with E-state index in [4.69, 9.17) is 0 Å². The van der Waals surface area contributed by atoms with Gasteiger partial charge in [-0.1, -0.05) is 42.9 Å². The smallest absolute Gasteiger partial charge is 0.0156 e. The normalized spacial score (nSPS) is 15.6. The minimum atomic E-state index is 0.769. The predicted octanol–water partition coefficient (Wildman–Crippen LogP) is 5.02. The van der Waals surface area contributed by atoms with Crippen LogP contribution < -0.4 is 0 Å². The van der Waals surface area contributed by atoms with Gasteiger partial charge in [0.05, 0.1) is 0 Å². The summed E-state index contributed by atoms with van der Waals surface area (Å²) in [4.78, 5) is 0. The van der Waals surface area contributed by atoms with Crippen molar-refractivity contribution < 1.29 is 0 Å². The number of hydrogen-bond donors (Lipinski definition) is 0. The summed E-state index contributed by atoms with van der Waals surface area (Å²) in [5.74, 6) is 0.769. The summed E-state index contributed by atoms with van der Waals surface area (Å²) in [5.41, 5.74) is 6.36. The van der Waals surface area contributed by atoms with Gasteiger partial charge in [-0.25, -0.2) is 0 Å². The third-order valence-electron chi connectivity index (χ3n) is 3.55. The molecule has 0 unspecified atom stereocenters. The molecule has 1 aromatic rings. The van der Waals surface area contributed by atoms with E-state index in [2.05, 4.69) is 45.2 Å². The maximum atomic E-state index is 4.10. The van der Waals surface area contributed by atoms with Gasteiger partial charge in [0.2, 0.25) is 0 Å². The van der Waals surface area contributed by atoms with Gasteiger partial charge in [-0.05, 0) is 55.4 Å². The first-order chi connectivity index (χ1) is 7.59. The largest absolute Gasteiger partial charge is 0.0955 e. The summed E-state index contributed by atoms with van der Waals surface area (Å²) in [6, 6.07) is 6.72. The van der Waals surface area contributed by atoms with Crippen LogP contribution in [0.2, 0.25) is 0 Å². The molecule has 1 saturated carbocycles. The molecule has 1 aliphatic rings. The standard InChI is InChI=1S/C16H20/c1-11(2)14-8-9-15(13-6-5-7-13)16(10-14)12(3)4/h8-10,13H,1,3,5-7H2,2,4H3. The average molecular weight is 212 g/mol. The van der Waals surface area contributed by atoms with Crippen molar-refractivity contribution in [3.05, 3.63) is 48.0 Å². The first-order valence-electron chi connectivity index (χ1n) is 6.05. The third kappa shape index (κ3) is 1.97. The highest BCUT2D eigenvalue weighted by Gasteiger charge is 2.22. The van der Waals surface area contributed by atoms with E-state index < -0.39 is 0 Å². The molecule has 0 saturated heterocycles. The number of hydrogen-bond acceptors (Lipinski definition) is 0. The molecular formula is C16H20. The zero-order valence-corrected chi connectivity index (χ0v) is 10.3. The van der Waals surface area contributed by atoms with Gasteiger partial charge in [-0.2, -0.15) is 0 Å². The van der Waals surface area contributed by atoms with E-state index in [-0.39, 0.29) is 0 Å². The van der Waals surface area contributed by atoms with E-state index >= 15 is 0 Å². The Labute approximate surface area is 98.7 Å². The van der Waals surface area contributed by atoms with Gasteiger partial charge < -0.3 is 0 Å². The maximum absolute atomic E-state index is 4.10. The lowest BCUT2D eigenvalue weighted by Crippen LogP contribution is -2.10. The molecule has 2 rings (SSSR count). The van der Waals surface area contributed by atoms with E-state index in [1.807, 2.05) is 0 Å². The van der Waals surface area contributed by atoms with Crippen molar-refractivity contribution in [1.82, 2.24) is 0 Å². The fourth-order valence-electron chi connectivity index (χ4n) is 2.27. The lowest BCUT2D eigenvalue weighted by molar-refractivity contribution is 0.419. The molecule has 0 radical (unpaired) electrons. The first-order valence-corrected chi connectivity index (χ1v) is 6.05. The summed E-state index contributed by atoms with van der Waals surface area (Å²) < 4.78 is 0. The molecule has 0 atom stereocenters. The van der Waals surface area contributed by atoms with E-state index in [9.17, 15) is 0 Å². The first kappa shape index (κ1) is 11.2. The molecule has 0 N–H and O–H groups in total. The molecule has 1 aromatic carbocycles. The second kappa shape index (κ2) is 4.29. The zero-order valence-electron chi connectivity index (χ0n) is 10.3. The Balaban J connectivity index is 2.44. The van der Waals surface area contributed by atoms with Crippen molar-refractivity contribution in [3.63, 3.8) is 0 Å². The molecule has 0 heteroatoms. The van der Waals surface area contributed by atoms with Crippen molar-refractivity contribution in [1.29, 1.82) is 0 Å². The van der Waals surface area contributed by atoms with Crippen molar-refractivity contribution in [2.75, 3.05) is 0 Å². The topological polar surface area (TPSA) is 0 Å². The number of allylic oxidation sites excluding steroid dienone is 2. The van der Waals surface area contributed by atoms with Crippen LogP contribution in [0.4, 0.5) is 0 Å². The summed E-state index contributed by atoms with van der Waals surface area (Å²) >= 11 is 0. The second-order valence-corrected chi connectivity index (χ2v) is 4.99. The molecule has 0 aromatic heterocycles. The molecule has 1 aliphatic carbocycles. The van der Waals surface area contributed by atoms with E-state index in [1.165, 1.54) is 41.5 Å². The lowest BCUT2D eigenvalue weighted by atomic mass is 9.77. The van der Waals surface area contributed by atoms with E-state index in [0.29, 0.717) is 0 Å². The Bertz CT molecular complexity index is 433. The molecular weight excluding hydrogens is 192 g/mol. The zero-order chi connectivity index (χ0) is 11.7. The fraction of sp³-hybridized carbons (Fsp3) is 0.375. The van der Waals surface area contributed by atoms with Crippen LogP contribution in [0.3, 0.4) is 0 Å². The Kier molecular flexibility index (Phi) is 3.00. The molecule has 0 amide bonds. The summed E-state index contributed by atoms with van der Waals surface area (Å²) in [7, 11) is 0. The molecule has 0 spiro atoms. The van der Waals surface area contributed by atoms with Crippen LogP contribution in [0, 0.1) is 0 Å². The quantitative estimate of drug-likeness (QED) is 0.660. The molecule has 84 valence electrons. The highest BCUT2D eigenvalue weighted by Crippen LogP contribution is 2.40. The molecule has 0 bridgehead atoms. The Hall–Kier alpha value is -1.30. The van der Waals surface area contributed by atoms with Gasteiger partial charge in [0.15, 0.2) is 0 Å². The van der Waals surface area contributed by atoms with Crippen molar-refractivity contribution in [3.8, 4) is 0 Å². The molecule has 0 nitrogen and oxygen atoms in total. The molecule has 16 heavy (non-hydrogen) atoms. The Morgan fingerprint density at radius 3 is 2.25 bits per heavy atom. The molecule has 1 fully saturated rings. The predicted molar refractivity (Wildman–Crippen MR) is 72.5 cm³/mol. The van der Waals surface area contributed by atoms with Crippen LogP contribution in [0.1, 0.15) is 55.7 Å². The van der Waals surface area contributed by atoms with Crippen molar-refractivity contribution in [2.45, 2.75) is 39.0 Å². The Morgan fingerprint density at radius 2 is 1.81 bits per heavy atom. The SMILES string of the molecule is C=C(C)c1ccc(C2CCC2)c(C(=C)C)c1. The van der Waals surface area contributed by atoms with E-state index in [1.54, 1.807) is 0 Å². The maximum Gasteiger partial charge on any atom is -0.0156 e. The van der Waals surface area contributed by atoms with Crippen LogP contribution >= 0.6 is 0 Å². The highest BCUT2D eigenvalue weighted by atomic mass is 14.3. The summed E-state index contributed by atoms with van der Waals surface area (Å²) in [6.07, 6.45) is 4.06. The van der Waals surface area contributed by atoms with Gasteiger partial charge in [0, 0.05) is 0 Å². The third-order valence-corrected chi connectivity index (χ3v) is 3.55. The van der Waals surface area contributed by atoms with Crippen LogP contribution in [0.25, 0.3) is 11.1 Å². The lowest BCUT2D eigenvalue weighted by Gasteiger charge is -2.28. The second-order valence-electron chi connectivity index (χ2n) is 4.99. The minimum Gasteiger partial charge on any atom is -0.0955 e. The van der Waals surface area contributed by atoms with Crippen molar-refractivity contribution >= 4 is 11.1 Å². The number of rotatable bonds is 3. The van der Waals surface area contributed by atoms with Crippen molar-refractivity contribution in [2.24, 2.45) is 0 Å². The van der Waals surface area contributed by atoms with Gasteiger partial charge in [0.1, 0.15) is 0 Å². The van der Waals surface area contributed by atoms with Crippen LogP contribution in [-0.2, 0) is 0 Å². The van der Waals surface area contributed by atoms with Gasteiger partial charge in [-0.3, -0.25) is 0 Å². The highest BCUT2D eigenvalue weighted by molar-refractivity contribution is 5.71. The monoisotopic (exact) mass is 212 g/mol. The van der Waals surface area contributed by atoms with Gasteiger partial charge in [-0.15, -0.1) is 0 Å². The summed E-state index contributed by atoms with van der Waals surface area (Å²) in [5, 5.41) is 0. The minimum absolute atomic E-state index is 0.769. The average Bonchev–Trinajstić information content (AvgIpc) is 2.14. The number of benzene rings is 1. The Morgan fingerprint density at radius 1 is 1.12 bits per heavy atom. The van der Waals surface area contributed by atoms with Crippen LogP contribution in [0.15, 0.2) is 31.4 Å². The summed E-state index contributed by atoms with van der Waals surface area (Å²) in [6.45, 7) is 12.3. The molecule has 0 heterocycles. The van der Waals surface area contributed by atoms with Crippen LogP contribution in [-0.4, -0.2) is 0 Å². The van der Waals surface area contributed by atoms with Gasteiger partial charge in [0.25, 0.3) is 0 Å².